The number of hydrogen-bond donors (Lipinski definition) is 1. The molecule has 1 aromatic rings. The normalized spacial score (nSPS) is 21.6. The van der Waals surface area contributed by atoms with E-state index in [4.69, 9.17) is 23.2 Å². The molecule has 6 heteroatoms. The van der Waals surface area contributed by atoms with E-state index in [0.717, 1.165) is 30.4 Å². The van der Waals surface area contributed by atoms with Crippen LogP contribution in [-0.2, 0) is 10.5 Å². The molecule has 0 aromatic heterocycles. The van der Waals surface area contributed by atoms with Gasteiger partial charge in [-0.05, 0) is 49.4 Å². The third kappa shape index (κ3) is 5.28. The highest BCUT2D eigenvalue weighted by Crippen LogP contribution is 2.31. The molecule has 1 N–H and O–H groups in total. The predicted octanol–water partition coefficient (Wildman–Crippen LogP) is 3.83. The second-order valence-electron chi connectivity index (χ2n) is 6.41. The van der Waals surface area contributed by atoms with Crippen LogP contribution in [0.1, 0.15) is 24.8 Å². The quantitative estimate of drug-likeness (QED) is 0.789. The van der Waals surface area contributed by atoms with Crippen molar-refractivity contribution in [1.82, 2.24) is 10.2 Å². The Kier molecular flexibility index (Phi) is 6.13. The Bertz CT molecular complexity index is 566. The van der Waals surface area contributed by atoms with E-state index in [0.29, 0.717) is 21.7 Å². The number of carbonyl (C=O) groups excluding carboxylic acids is 1. The maximum Gasteiger partial charge on any atom is 0.230 e. The summed E-state index contributed by atoms with van der Waals surface area (Å²) in [5.41, 5.74) is 1.02. The molecule has 0 spiro atoms. The van der Waals surface area contributed by atoms with Crippen LogP contribution >= 0.6 is 35.0 Å². The van der Waals surface area contributed by atoms with Gasteiger partial charge >= 0.3 is 0 Å². The molecule has 1 aromatic carbocycles. The molecule has 2 aliphatic rings. The zero-order chi connectivity index (χ0) is 16.2. The van der Waals surface area contributed by atoms with Gasteiger partial charge in [-0.15, -0.1) is 11.8 Å². The molecule has 1 amide bonds. The lowest BCUT2D eigenvalue weighted by atomic mass is 10.1. The lowest BCUT2D eigenvalue weighted by Crippen LogP contribution is -2.32. The van der Waals surface area contributed by atoms with Crippen molar-refractivity contribution in [2.75, 3.05) is 25.4 Å². The number of amides is 1. The first kappa shape index (κ1) is 17.4. The Morgan fingerprint density at radius 2 is 2.13 bits per heavy atom. The summed E-state index contributed by atoms with van der Waals surface area (Å²) < 4.78 is 0. The average molecular weight is 373 g/mol. The van der Waals surface area contributed by atoms with Crippen LogP contribution in [-0.4, -0.2) is 42.2 Å². The van der Waals surface area contributed by atoms with Crippen molar-refractivity contribution in [2.45, 2.75) is 31.1 Å². The fourth-order valence-corrected chi connectivity index (χ4v) is 4.42. The van der Waals surface area contributed by atoms with E-state index in [9.17, 15) is 4.79 Å². The minimum Gasteiger partial charge on any atom is -0.355 e. The monoisotopic (exact) mass is 372 g/mol. The fraction of sp³-hybridized carbons (Fsp3) is 0.588. The third-order valence-electron chi connectivity index (χ3n) is 4.47. The first-order valence-corrected chi connectivity index (χ1v) is 10.1. The molecule has 3 nitrogen and oxygen atoms in total. The summed E-state index contributed by atoms with van der Waals surface area (Å²) in [6, 6.07) is 6.33. The number of likely N-dealkylation sites (tertiary alicyclic amines) is 1. The number of carbonyl (C=O) groups is 1. The number of rotatable bonds is 7. The maximum atomic E-state index is 12.0. The van der Waals surface area contributed by atoms with E-state index in [1.54, 1.807) is 17.8 Å². The van der Waals surface area contributed by atoms with Crippen molar-refractivity contribution in [3.05, 3.63) is 33.8 Å². The van der Waals surface area contributed by atoms with Crippen LogP contribution in [0.15, 0.2) is 18.2 Å². The van der Waals surface area contributed by atoms with Crippen molar-refractivity contribution in [2.24, 2.45) is 5.92 Å². The van der Waals surface area contributed by atoms with Crippen molar-refractivity contribution < 1.29 is 4.79 Å². The van der Waals surface area contributed by atoms with Gasteiger partial charge in [-0.3, -0.25) is 4.79 Å². The number of thioether (sulfide) groups is 1. The standard InChI is InChI=1S/C17H22Cl2N2OS/c18-14-2-1-13(16(19)7-14)10-23-11-17(22)20-8-12-5-6-21(9-12)15-3-4-15/h1-2,7,12,15H,3-6,8-11H2,(H,20,22). The third-order valence-corrected chi connectivity index (χ3v) is 6.04. The molecular weight excluding hydrogens is 351 g/mol. The van der Waals surface area contributed by atoms with E-state index >= 15 is 0 Å². The van der Waals surface area contributed by atoms with Gasteiger partial charge in [0.15, 0.2) is 0 Å². The lowest BCUT2D eigenvalue weighted by Gasteiger charge is -2.15. The Labute approximate surface area is 152 Å². The SMILES string of the molecule is O=C(CSCc1ccc(Cl)cc1Cl)NCC1CCN(C2CC2)C1. The predicted molar refractivity (Wildman–Crippen MR) is 98.3 cm³/mol. The van der Waals surface area contributed by atoms with Gasteiger partial charge in [0.2, 0.25) is 5.91 Å². The molecule has 0 radical (unpaired) electrons. The van der Waals surface area contributed by atoms with Crippen molar-refractivity contribution >= 4 is 40.9 Å². The Hall–Kier alpha value is -0.420. The minimum absolute atomic E-state index is 0.116. The van der Waals surface area contributed by atoms with Crippen molar-refractivity contribution in [3.8, 4) is 0 Å². The first-order chi connectivity index (χ1) is 11.1. The Morgan fingerprint density at radius 1 is 1.30 bits per heavy atom. The smallest absolute Gasteiger partial charge is 0.230 e. The van der Waals surface area contributed by atoms with Gasteiger partial charge < -0.3 is 10.2 Å². The topological polar surface area (TPSA) is 32.3 Å². The Balaban J connectivity index is 1.32. The van der Waals surface area contributed by atoms with Crippen LogP contribution < -0.4 is 5.32 Å². The molecule has 1 aliphatic heterocycles. The van der Waals surface area contributed by atoms with Crippen molar-refractivity contribution in [3.63, 3.8) is 0 Å². The second-order valence-corrected chi connectivity index (χ2v) is 8.24. The molecule has 1 aliphatic carbocycles. The molecule has 1 saturated carbocycles. The zero-order valence-corrected chi connectivity index (χ0v) is 15.4. The van der Waals surface area contributed by atoms with E-state index in [-0.39, 0.29) is 5.91 Å². The van der Waals surface area contributed by atoms with Crippen molar-refractivity contribution in [1.29, 1.82) is 0 Å². The molecule has 2 fully saturated rings. The molecule has 1 saturated heterocycles. The molecule has 126 valence electrons. The largest absolute Gasteiger partial charge is 0.355 e. The highest BCUT2D eigenvalue weighted by Gasteiger charge is 2.34. The molecule has 1 unspecified atom stereocenters. The number of halogens is 2. The van der Waals surface area contributed by atoms with Gasteiger partial charge in [0.1, 0.15) is 0 Å². The fourth-order valence-electron chi connectivity index (χ4n) is 3.00. The average Bonchev–Trinajstić information content (AvgIpc) is 3.26. The second kappa shape index (κ2) is 8.11. The first-order valence-electron chi connectivity index (χ1n) is 8.14. The molecule has 23 heavy (non-hydrogen) atoms. The number of hydrogen-bond acceptors (Lipinski definition) is 3. The number of nitrogens with one attached hydrogen (secondary N) is 1. The van der Waals surface area contributed by atoms with Crippen LogP contribution in [0.2, 0.25) is 10.0 Å². The highest BCUT2D eigenvalue weighted by molar-refractivity contribution is 7.99. The zero-order valence-electron chi connectivity index (χ0n) is 13.1. The van der Waals surface area contributed by atoms with Gasteiger partial charge in [0, 0.05) is 34.9 Å². The molecule has 1 heterocycles. The number of benzene rings is 1. The lowest BCUT2D eigenvalue weighted by molar-refractivity contribution is -0.118. The minimum atomic E-state index is 0.116. The molecule has 3 rings (SSSR count). The molecule has 1 atom stereocenters. The summed E-state index contributed by atoms with van der Waals surface area (Å²) in [6.07, 6.45) is 3.94. The highest BCUT2D eigenvalue weighted by atomic mass is 35.5. The summed E-state index contributed by atoms with van der Waals surface area (Å²) in [4.78, 5) is 14.5. The van der Waals surface area contributed by atoms with Gasteiger partial charge in [-0.25, -0.2) is 0 Å². The summed E-state index contributed by atoms with van der Waals surface area (Å²) in [5, 5.41) is 4.37. The van der Waals surface area contributed by atoms with Gasteiger partial charge in [-0.1, -0.05) is 29.3 Å². The maximum absolute atomic E-state index is 12.0. The summed E-state index contributed by atoms with van der Waals surface area (Å²) in [6.45, 7) is 3.16. The van der Waals surface area contributed by atoms with Gasteiger partial charge in [0.25, 0.3) is 0 Å². The van der Waals surface area contributed by atoms with E-state index in [1.165, 1.54) is 25.8 Å². The van der Waals surface area contributed by atoms with E-state index < -0.39 is 0 Å². The van der Waals surface area contributed by atoms with Crippen LogP contribution in [0.4, 0.5) is 0 Å². The molecule has 0 bridgehead atoms. The Morgan fingerprint density at radius 3 is 2.87 bits per heavy atom. The number of nitrogens with zero attached hydrogens (tertiary/aromatic N) is 1. The summed E-state index contributed by atoms with van der Waals surface area (Å²) >= 11 is 13.6. The van der Waals surface area contributed by atoms with Gasteiger partial charge in [-0.2, -0.15) is 0 Å². The van der Waals surface area contributed by atoms with Crippen LogP contribution in [0.3, 0.4) is 0 Å². The van der Waals surface area contributed by atoms with Crippen LogP contribution in [0.5, 0.6) is 0 Å². The van der Waals surface area contributed by atoms with E-state index in [2.05, 4.69) is 10.2 Å². The summed E-state index contributed by atoms with van der Waals surface area (Å²) in [5.74, 6) is 1.93. The van der Waals surface area contributed by atoms with Crippen LogP contribution in [0.25, 0.3) is 0 Å². The summed E-state index contributed by atoms with van der Waals surface area (Å²) in [7, 11) is 0. The van der Waals surface area contributed by atoms with Crippen LogP contribution in [0, 0.1) is 5.92 Å². The van der Waals surface area contributed by atoms with E-state index in [1.807, 2.05) is 12.1 Å². The molecular formula is C17H22Cl2N2OS. The van der Waals surface area contributed by atoms with Gasteiger partial charge in [0.05, 0.1) is 5.75 Å².